The molecule has 0 saturated heterocycles. The quantitative estimate of drug-likeness (QED) is 0.785. The normalized spacial score (nSPS) is 17.6. The molecule has 3 heteroatoms. The minimum atomic E-state index is 0.514. The Morgan fingerprint density at radius 3 is 3.05 bits per heavy atom. The Labute approximate surface area is 126 Å². The summed E-state index contributed by atoms with van der Waals surface area (Å²) in [6.45, 7) is 2.33. The van der Waals surface area contributed by atoms with Crippen LogP contribution in [0.2, 0.25) is 0 Å². The number of benzene rings is 1. The Bertz CT molecular complexity index is 536. The molecule has 2 aromatic rings. The number of hydrogen-bond acceptors (Lipinski definition) is 3. The second-order valence-corrected chi connectivity index (χ2v) is 5.58. The average molecular weight is 285 g/mol. The first-order valence-corrected chi connectivity index (χ1v) is 7.85. The minimum absolute atomic E-state index is 0.514. The Kier molecular flexibility index (Phi) is 5.08. The van der Waals surface area contributed by atoms with Gasteiger partial charge in [0.05, 0.1) is 6.26 Å². The van der Waals surface area contributed by atoms with E-state index >= 15 is 0 Å². The van der Waals surface area contributed by atoms with Crippen LogP contribution in [0.25, 0.3) is 0 Å². The molecule has 1 aliphatic carbocycles. The maximum absolute atomic E-state index is 5.60. The summed E-state index contributed by atoms with van der Waals surface area (Å²) in [6, 6.07) is 13.2. The number of hydrogen-bond donors (Lipinski definition) is 1. The van der Waals surface area contributed by atoms with Gasteiger partial charge in [0, 0.05) is 12.6 Å². The molecule has 0 aliphatic heterocycles. The van der Waals surface area contributed by atoms with Gasteiger partial charge in [-0.05, 0) is 55.5 Å². The summed E-state index contributed by atoms with van der Waals surface area (Å²) in [5.41, 5.74) is 3.00. The molecular formula is C18H23NO2. The number of furan rings is 1. The molecule has 0 spiro atoms. The molecule has 1 atom stereocenters. The van der Waals surface area contributed by atoms with E-state index in [4.69, 9.17) is 9.15 Å². The van der Waals surface area contributed by atoms with Crippen LogP contribution in [0.15, 0.2) is 47.1 Å². The molecular weight excluding hydrogens is 262 g/mol. The lowest BCUT2D eigenvalue weighted by Gasteiger charge is -2.26. The molecule has 1 heterocycles. The minimum Gasteiger partial charge on any atom is -0.467 e. The van der Waals surface area contributed by atoms with Crippen molar-refractivity contribution in [2.75, 3.05) is 13.2 Å². The van der Waals surface area contributed by atoms with Crippen LogP contribution in [0.5, 0.6) is 0 Å². The van der Waals surface area contributed by atoms with E-state index in [-0.39, 0.29) is 0 Å². The maximum Gasteiger partial charge on any atom is 0.129 e. The smallest absolute Gasteiger partial charge is 0.129 e. The average Bonchev–Trinajstić information content (AvgIpc) is 3.04. The SMILES string of the molecule is c1coc(COCCCNC2CCCc3ccccc32)c1. The lowest BCUT2D eigenvalue weighted by Crippen LogP contribution is -2.26. The van der Waals surface area contributed by atoms with E-state index in [1.54, 1.807) is 6.26 Å². The number of aryl methyl sites for hydroxylation is 1. The van der Waals surface area contributed by atoms with Gasteiger partial charge >= 0.3 is 0 Å². The summed E-state index contributed by atoms with van der Waals surface area (Å²) in [4.78, 5) is 0. The van der Waals surface area contributed by atoms with Gasteiger partial charge in [-0.3, -0.25) is 0 Å². The number of nitrogens with one attached hydrogen (secondary N) is 1. The van der Waals surface area contributed by atoms with Crippen molar-refractivity contribution in [1.82, 2.24) is 5.32 Å². The topological polar surface area (TPSA) is 34.4 Å². The predicted octanol–water partition coefficient (Wildman–Crippen LogP) is 3.85. The summed E-state index contributed by atoms with van der Waals surface area (Å²) >= 11 is 0. The molecule has 0 saturated carbocycles. The third kappa shape index (κ3) is 3.96. The predicted molar refractivity (Wildman–Crippen MR) is 83.1 cm³/mol. The highest BCUT2D eigenvalue weighted by molar-refractivity contribution is 5.32. The zero-order valence-corrected chi connectivity index (χ0v) is 12.4. The Balaban J connectivity index is 1.36. The highest BCUT2D eigenvalue weighted by Gasteiger charge is 2.18. The fraction of sp³-hybridized carbons (Fsp3) is 0.444. The molecule has 112 valence electrons. The Morgan fingerprint density at radius 2 is 2.14 bits per heavy atom. The molecule has 1 aromatic heterocycles. The summed E-state index contributed by atoms with van der Waals surface area (Å²) in [5, 5.41) is 3.67. The molecule has 0 fully saturated rings. The third-order valence-electron chi connectivity index (χ3n) is 4.05. The summed E-state index contributed by atoms with van der Waals surface area (Å²) in [6.07, 6.45) is 6.45. The highest BCUT2D eigenvalue weighted by Crippen LogP contribution is 2.29. The van der Waals surface area contributed by atoms with Gasteiger partial charge in [0.1, 0.15) is 12.4 Å². The highest BCUT2D eigenvalue weighted by atomic mass is 16.5. The largest absolute Gasteiger partial charge is 0.467 e. The van der Waals surface area contributed by atoms with E-state index in [0.717, 1.165) is 25.3 Å². The van der Waals surface area contributed by atoms with E-state index < -0.39 is 0 Å². The summed E-state index contributed by atoms with van der Waals surface area (Å²) in [5.74, 6) is 0.893. The standard InChI is InChI=1S/C18H23NO2/c1-2-9-17-15(6-1)7-3-10-18(17)19-11-5-12-20-14-16-8-4-13-21-16/h1-2,4,6,8-9,13,18-19H,3,5,7,10-12,14H2. The number of rotatable bonds is 7. The first kappa shape index (κ1) is 14.4. The van der Waals surface area contributed by atoms with E-state index in [2.05, 4.69) is 29.6 Å². The van der Waals surface area contributed by atoms with Crippen LogP contribution in [0.1, 0.15) is 42.2 Å². The van der Waals surface area contributed by atoms with Gasteiger partial charge in [-0.2, -0.15) is 0 Å². The molecule has 1 aliphatic rings. The molecule has 21 heavy (non-hydrogen) atoms. The molecule has 0 amide bonds. The lowest BCUT2D eigenvalue weighted by atomic mass is 9.88. The number of ether oxygens (including phenoxy) is 1. The summed E-state index contributed by atoms with van der Waals surface area (Å²) in [7, 11) is 0. The van der Waals surface area contributed by atoms with Gasteiger partial charge in [-0.1, -0.05) is 24.3 Å². The van der Waals surface area contributed by atoms with Crippen LogP contribution >= 0.6 is 0 Å². The van der Waals surface area contributed by atoms with Gasteiger partial charge in [0.25, 0.3) is 0 Å². The van der Waals surface area contributed by atoms with Crippen molar-refractivity contribution in [3.05, 3.63) is 59.5 Å². The molecule has 1 N–H and O–H groups in total. The summed E-state index contributed by atoms with van der Waals surface area (Å²) < 4.78 is 10.8. The zero-order valence-electron chi connectivity index (χ0n) is 12.4. The second-order valence-electron chi connectivity index (χ2n) is 5.58. The second kappa shape index (κ2) is 7.43. The Morgan fingerprint density at radius 1 is 1.19 bits per heavy atom. The van der Waals surface area contributed by atoms with Crippen LogP contribution in [-0.4, -0.2) is 13.2 Å². The number of fused-ring (bicyclic) bond motifs is 1. The van der Waals surface area contributed by atoms with Gasteiger partial charge < -0.3 is 14.5 Å². The van der Waals surface area contributed by atoms with Crippen LogP contribution in [0.3, 0.4) is 0 Å². The molecule has 3 rings (SSSR count). The van der Waals surface area contributed by atoms with Crippen molar-refractivity contribution in [1.29, 1.82) is 0 Å². The molecule has 3 nitrogen and oxygen atoms in total. The van der Waals surface area contributed by atoms with Gasteiger partial charge in [0.2, 0.25) is 0 Å². The van der Waals surface area contributed by atoms with E-state index in [0.29, 0.717) is 12.6 Å². The van der Waals surface area contributed by atoms with Crippen molar-refractivity contribution in [2.24, 2.45) is 0 Å². The van der Waals surface area contributed by atoms with E-state index in [1.165, 1.54) is 30.4 Å². The van der Waals surface area contributed by atoms with Gasteiger partial charge in [-0.15, -0.1) is 0 Å². The first-order valence-electron chi connectivity index (χ1n) is 7.85. The van der Waals surface area contributed by atoms with Crippen molar-refractivity contribution in [3.63, 3.8) is 0 Å². The van der Waals surface area contributed by atoms with Gasteiger partial charge in [0.15, 0.2) is 0 Å². The fourth-order valence-electron chi connectivity index (χ4n) is 2.98. The van der Waals surface area contributed by atoms with Crippen LogP contribution in [0, 0.1) is 0 Å². The maximum atomic E-state index is 5.60. The Hall–Kier alpha value is -1.58. The van der Waals surface area contributed by atoms with Crippen molar-refractivity contribution >= 4 is 0 Å². The van der Waals surface area contributed by atoms with Crippen LogP contribution < -0.4 is 5.32 Å². The van der Waals surface area contributed by atoms with Crippen LogP contribution in [0.4, 0.5) is 0 Å². The lowest BCUT2D eigenvalue weighted by molar-refractivity contribution is 0.103. The molecule has 0 radical (unpaired) electrons. The third-order valence-corrected chi connectivity index (χ3v) is 4.05. The van der Waals surface area contributed by atoms with E-state index in [1.807, 2.05) is 12.1 Å². The monoisotopic (exact) mass is 285 g/mol. The van der Waals surface area contributed by atoms with E-state index in [9.17, 15) is 0 Å². The molecule has 1 aromatic carbocycles. The van der Waals surface area contributed by atoms with Gasteiger partial charge in [-0.25, -0.2) is 0 Å². The fourth-order valence-corrected chi connectivity index (χ4v) is 2.98. The molecule has 0 bridgehead atoms. The van der Waals surface area contributed by atoms with Crippen LogP contribution in [-0.2, 0) is 17.8 Å². The van der Waals surface area contributed by atoms with Crippen molar-refractivity contribution in [2.45, 2.75) is 38.3 Å². The van der Waals surface area contributed by atoms with Crippen molar-refractivity contribution < 1.29 is 9.15 Å². The molecule has 1 unspecified atom stereocenters. The zero-order chi connectivity index (χ0) is 14.3. The van der Waals surface area contributed by atoms with Crippen molar-refractivity contribution in [3.8, 4) is 0 Å². The first-order chi connectivity index (χ1) is 10.4.